The Hall–Kier alpha value is -0.300. The molecule has 0 bridgehead atoms. The van der Waals surface area contributed by atoms with E-state index >= 15 is 0 Å². The van der Waals surface area contributed by atoms with Gasteiger partial charge in [-0.05, 0) is 24.7 Å². The molecular weight excluding hydrogens is 134 g/mol. The van der Waals surface area contributed by atoms with Crippen molar-refractivity contribution in [2.75, 3.05) is 0 Å². The summed E-state index contributed by atoms with van der Waals surface area (Å²) in [6.07, 6.45) is 8.16. The van der Waals surface area contributed by atoms with Gasteiger partial charge in [0.2, 0.25) is 0 Å². The van der Waals surface area contributed by atoms with Crippen molar-refractivity contribution in [2.45, 2.75) is 39.2 Å². The van der Waals surface area contributed by atoms with E-state index in [1.165, 1.54) is 19.3 Å². The van der Waals surface area contributed by atoms with E-state index in [1.54, 1.807) is 0 Å². The van der Waals surface area contributed by atoms with Gasteiger partial charge in [-0.1, -0.05) is 32.4 Å². The molecule has 64 valence electrons. The molecule has 0 heterocycles. The summed E-state index contributed by atoms with van der Waals surface area (Å²) in [4.78, 5) is 0. The minimum absolute atomic E-state index is 0.412. The summed E-state index contributed by atoms with van der Waals surface area (Å²) >= 11 is 0. The summed E-state index contributed by atoms with van der Waals surface area (Å²) in [6.45, 7) is 4.47. The fourth-order valence-electron chi connectivity index (χ4n) is 1.60. The maximum atomic E-state index is 6.00. The van der Waals surface area contributed by atoms with Gasteiger partial charge in [-0.15, -0.1) is 0 Å². The molecule has 1 heteroatoms. The Morgan fingerprint density at radius 1 is 1.64 bits per heavy atom. The topological polar surface area (TPSA) is 26.0 Å². The largest absolute Gasteiger partial charge is 0.327 e. The molecule has 1 nitrogen and oxygen atoms in total. The van der Waals surface area contributed by atoms with E-state index in [1.807, 2.05) is 0 Å². The highest BCUT2D eigenvalue weighted by molar-refractivity contribution is 5.05. The normalized spacial score (nSPS) is 27.7. The Balaban J connectivity index is 2.27. The van der Waals surface area contributed by atoms with Crippen LogP contribution in [0.4, 0.5) is 0 Å². The molecule has 2 N–H and O–H groups in total. The van der Waals surface area contributed by atoms with Crippen molar-refractivity contribution in [1.82, 2.24) is 0 Å². The molecule has 0 aromatic carbocycles. The van der Waals surface area contributed by atoms with Gasteiger partial charge in [-0.3, -0.25) is 0 Å². The predicted molar refractivity (Wildman–Crippen MR) is 49.3 cm³/mol. The molecule has 0 spiro atoms. The van der Waals surface area contributed by atoms with Crippen molar-refractivity contribution < 1.29 is 0 Å². The fourth-order valence-corrected chi connectivity index (χ4v) is 1.60. The van der Waals surface area contributed by atoms with Gasteiger partial charge < -0.3 is 5.73 Å². The van der Waals surface area contributed by atoms with Crippen molar-refractivity contribution in [3.63, 3.8) is 0 Å². The van der Waals surface area contributed by atoms with Crippen LogP contribution < -0.4 is 5.73 Å². The zero-order valence-electron chi connectivity index (χ0n) is 7.59. The Morgan fingerprint density at radius 2 is 2.27 bits per heavy atom. The third-order valence-electron chi connectivity index (χ3n) is 2.76. The molecular formula is C10H19N. The highest BCUT2D eigenvalue weighted by Crippen LogP contribution is 2.28. The molecule has 11 heavy (non-hydrogen) atoms. The fraction of sp³-hybridized carbons (Fsp3) is 0.800. The summed E-state index contributed by atoms with van der Waals surface area (Å²) in [5, 5.41) is 0. The first-order valence-electron chi connectivity index (χ1n) is 4.68. The van der Waals surface area contributed by atoms with E-state index < -0.39 is 0 Å². The van der Waals surface area contributed by atoms with Crippen molar-refractivity contribution >= 4 is 0 Å². The Bertz CT molecular complexity index is 140. The lowest BCUT2D eigenvalue weighted by molar-refractivity contribution is 0.324. The first kappa shape index (κ1) is 8.79. The number of hydrogen-bond acceptors (Lipinski definition) is 1. The van der Waals surface area contributed by atoms with Crippen LogP contribution in [0, 0.1) is 11.8 Å². The van der Waals surface area contributed by atoms with Crippen LogP contribution >= 0.6 is 0 Å². The summed E-state index contributed by atoms with van der Waals surface area (Å²) < 4.78 is 0. The lowest BCUT2D eigenvalue weighted by Crippen LogP contribution is -2.33. The van der Waals surface area contributed by atoms with Gasteiger partial charge in [0, 0.05) is 6.04 Å². The van der Waals surface area contributed by atoms with Crippen LogP contribution in [0.5, 0.6) is 0 Å². The highest BCUT2D eigenvalue weighted by Gasteiger charge is 2.22. The van der Waals surface area contributed by atoms with E-state index in [9.17, 15) is 0 Å². The number of nitrogens with two attached hydrogens (primary N) is 1. The van der Waals surface area contributed by atoms with Crippen molar-refractivity contribution in [3.05, 3.63) is 12.2 Å². The molecule has 1 rings (SSSR count). The maximum absolute atomic E-state index is 6.00. The molecule has 0 fully saturated rings. The summed E-state index contributed by atoms with van der Waals surface area (Å²) in [6, 6.07) is 0.412. The zero-order chi connectivity index (χ0) is 8.27. The van der Waals surface area contributed by atoms with E-state index in [0.29, 0.717) is 12.0 Å². The van der Waals surface area contributed by atoms with Crippen molar-refractivity contribution in [2.24, 2.45) is 17.6 Å². The average Bonchev–Trinajstić information content (AvgIpc) is 1.84. The third kappa shape index (κ3) is 2.06. The van der Waals surface area contributed by atoms with Gasteiger partial charge in [0.25, 0.3) is 0 Å². The van der Waals surface area contributed by atoms with Gasteiger partial charge in [0.05, 0.1) is 0 Å². The van der Waals surface area contributed by atoms with Gasteiger partial charge in [0.15, 0.2) is 0 Å². The SMILES string of the molecule is CCCC(N)C(C)C1C=CC1. The third-order valence-corrected chi connectivity index (χ3v) is 2.76. The summed E-state index contributed by atoms with van der Waals surface area (Å²) in [7, 11) is 0. The minimum Gasteiger partial charge on any atom is -0.327 e. The Morgan fingerprint density at radius 3 is 2.64 bits per heavy atom. The molecule has 0 aromatic heterocycles. The first-order valence-corrected chi connectivity index (χ1v) is 4.68. The van der Waals surface area contributed by atoms with Gasteiger partial charge in [-0.25, -0.2) is 0 Å². The minimum atomic E-state index is 0.412. The second-order valence-corrected chi connectivity index (χ2v) is 3.64. The molecule has 0 saturated heterocycles. The molecule has 3 unspecified atom stereocenters. The second-order valence-electron chi connectivity index (χ2n) is 3.64. The average molecular weight is 153 g/mol. The van der Waals surface area contributed by atoms with Crippen LogP contribution in [-0.4, -0.2) is 6.04 Å². The quantitative estimate of drug-likeness (QED) is 0.616. The second kappa shape index (κ2) is 3.91. The monoisotopic (exact) mass is 153 g/mol. The number of rotatable bonds is 4. The first-order chi connectivity index (χ1) is 5.25. The molecule has 0 amide bonds. The Kier molecular flexibility index (Phi) is 3.13. The molecule has 3 atom stereocenters. The van der Waals surface area contributed by atoms with Crippen LogP contribution in [0.25, 0.3) is 0 Å². The van der Waals surface area contributed by atoms with Crippen LogP contribution in [0.1, 0.15) is 33.1 Å². The molecule has 0 radical (unpaired) electrons. The standard InChI is InChI=1S/C10H19N/c1-3-5-10(11)8(2)9-6-4-7-9/h4,6,8-10H,3,5,7,11H2,1-2H3. The maximum Gasteiger partial charge on any atom is 0.00701 e. The van der Waals surface area contributed by atoms with Gasteiger partial charge in [-0.2, -0.15) is 0 Å². The van der Waals surface area contributed by atoms with Crippen molar-refractivity contribution in [3.8, 4) is 0 Å². The lowest BCUT2D eigenvalue weighted by Gasteiger charge is -2.29. The van der Waals surface area contributed by atoms with Crippen LogP contribution in [0.15, 0.2) is 12.2 Å². The molecule has 1 aliphatic carbocycles. The highest BCUT2D eigenvalue weighted by atomic mass is 14.6. The predicted octanol–water partition coefficient (Wildman–Crippen LogP) is 2.33. The van der Waals surface area contributed by atoms with Gasteiger partial charge in [0.1, 0.15) is 0 Å². The smallest absolute Gasteiger partial charge is 0.00701 e. The zero-order valence-corrected chi connectivity index (χ0v) is 7.59. The van der Waals surface area contributed by atoms with Gasteiger partial charge >= 0.3 is 0 Å². The van der Waals surface area contributed by atoms with E-state index in [4.69, 9.17) is 5.73 Å². The number of allylic oxidation sites excluding steroid dienone is 2. The summed E-state index contributed by atoms with van der Waals surface area (Å²) in [5.41, 5.74) is 6.00. The summed E-state index contributed by atoms with van der Waals surface area (Å²) in [5.74, 6) is 1.46. The van der Waals surface area contributed by atoms with E-state index in [0.717, 1.165) is 5.92 Å². The van der Waals surface area contributed by atoms with Crippen LogP contribution in [-0.2, 0) is 0 Å². The molecule has 0 aliphatic heterocycles. The van der Waals surface area contributed by atoms with E-state index in [-0.39, 0.29) is 0 Å². The molecule has 0 saturated carbocycles. The molecule has 0 aromatic rings. The van der Waals surface area contributed by atoms with E-state index in [2.05, 4.69) is 26.0 Å². The Labute approximate surface area is 69.7 Å². The number of hydrogen-bond donors (Lipinski definition) is 1. The lowest BCUT2D eigenvalue weighted by atomic mass is 9.79. The van der Waals surface area contributed by atoms with Crippen molar-refractivity contribution in [1.29, 1.82) is 0 Å². The van der Waals surface area contributed by atoms with Crippen LogP contribution in [0.2, 0.25) is 0 Å². The molecule has 1 aliphatic rings. The van der Waals surface area contributed by atoms with Crippen LogP contribution in [0.3, 0.4) is 0 Å².